The van der Waals surface area contributed by atoms with E-state index in [0.29, 0.717) is 10.3 Å². The zero-order chi connectivity index (χ0) is 20.8. The molecule has 9 heteroatoms. The summed E-state index contributed by atoms with van der Waals surface area (Å²) in [5.74, 6) is -0.136. The molecule has 0 aliphatic heterocycles. The highest BCUT2D eigenvalue weighted by Gasteiger charge is 2.30. The van der Waals surface area contributed by atoms with Crippen molar-refractivity contribution >= 4 is 34.0 Å². The lowest BCUT2D eigenvalue weighted by Crippen LogP contribution is -2.07. The summed E-state index contributed by atoms with van der Waals surface area (Å²) in [6, 6.07) is 7.67. The molecule has 4 heterocycles. The van der Waals surface area contributed by atoms with Gasteiger partial charge in [0.15, 0.2) is 5.13 Å². The molecule has 0 atom stereocenters. The highest BCUT2D eigenvalue weighted by molar-refractivity contribution is 7.19. The molecule has 1 amide bonds. The molecule has 4 aromatic rings. The predicted molar refractivity (Wildman–Crippen MR) is 117 cm³/mol. The summed E-state index contributed by atoms with van der Waals surface area (Å²) >= 11 is 7.46. The number of halogens is 1. The van der Waals surface area contributed by atoms with Crippen LogP contribution in [0.1, 0.15) is 23.9 Å². The number of aryl methyl sites for hydroxylation is 2. The maximum atomic E-state index is 11.5. The van der Waals surface area contributed by atoms with E-state index in [1.54, 1.807) is 12.3 Å². The van der Waals surface area contributed by atoms with Gasteiger partial charge in [-0.25, -0.2) is 14.6 Å². The highest BCUT2D eigenvalue weighted by atomic mass is 35.5. The van der Waals surface area contributed by atoms with Gasteiger partial charge in [0, 0.05) is 29.9 Å². The average molecular weight is 437 g/mol. The largest absolute Gasteiger partial charge is 0.302 e. The summed E-state index contributed by atoms with van der Waals surface area (Å²) in [5, 5.41) is 8.77. The van der Waals surface area contributed by atoms with Gasteiger partial charge in [0.1, 0.15) is 5.15 Å². The third-order valence-electron chi connectivity index (χ3n) is 4.93. The Morgan fingerprint density at radius 1 is 1.17 bits per heavy atom. The molecule has 1 N–H and O–H groups in total. The van der Waals surface area contributed by atoms with Gasteiger partial charge in [0.2, 0.25) is 5.91 Å². The second-order valence-corrected chi connectivity index (χ2v) is 8.48. The van der Waals surface area contributed by atoms with E-state index in [1.165, 1.54) is 18.3 Å². The first-order chi connectivity index (χ1) is 14.5. The van der Waals surface area contributed by atoms with Crippen LogP contribution in [0.25, 0.3) is 27.5 Å². The molecular formula is C21H17ClN6OS. The van der Waals surface area contributed by atoms with Gasteiger partial charge in [-0.15, -0.1) is 0 Å². The van der Waals surface area contributed by atoms with Crippen LogP contribution in [0.3, 0.4) is 0 Å². The Bertz CT molecular complexity index is 1260. The van der Waals surface area contributed by atoms with Crippen molar-refractivity contribution in [3.05, 3.63) is 58.8 Å². The van der Waals surface area contributed by atoms with E-state index < -0.39 is 0 Å². The molecule has 1 aliphatic carbocycles. The second kappa shape index (κ2) is 7.30. The van der Waals surface area contributed by atoms with Crippen molar-refractivity contribution in [2.75, 3.05) is 5.32 Å². The van der Waals surface area contributed by atoms with Gasteiger partial charge in [-0.05, 0) is 44.0 Å². The fraction of sp³-hybridized carbons (Fsp3) is 0.190. The number of amides is 1. The van der Waals surface area contributed by atoms with E-state index in [1.807, 2.05) is 36.0 Å². The fourth-order valence-corrected chi connectivity index (χ4v) is 4.82. The van der Waals surface area contributed by atoms with E-state index in [4.69, 9.17) is 16.7 Å². The Morgan fingerprint density at radius 2 is 2.03 bits per heavy atom. The van der Waals surface area contributed by atoms with E-state index in [0.717, 1.165) is 57.3 Å². The Morgan fingerprint density at radius 3 is 2.73 bits per heavy atom. The number of hydrogen-bond donors (Lipinski definition) is 1. The third-order valence-corrected chi connectivity index (χ3v) is 6.18. The second-order valence-electron chi connectivity index (χ2n) is 7.09. The monoisotopic (exact) mass is 436 g/mol. The molecule has 0 radical (unpaired) electrons. The number of carbonyl (C=O) groups is 1. The molecule has 5 rings (SSSR count). The average Bonchev–Trinajstić information content (AvgIpc) is 3.29. The number of carbonyl (C=O) groups excluding carboxylic acids is 1. The fourth-order valence-electron chi connectivity index (χ4n) is 3.59. The molecule has 0 fully saturated rings. The zero-order valence-electron chi connectivity index (χ0n) is 16.3. The van der Waals surface area contributed by atoms with E-state index in [9.17, 15) is 4.79 Å². The summed E-state index contributed by atoms with van der Waals surface area (Å²) in [7, 11) is 0. The minimum Gasteiger partial charge on any atom is -0.302 e. The SMILES string of the molecule is CC(=O)Nc1nc2c(s1)-c1c(c(-c3ccc(C)nc3)nn1-c1ccc(Cl)nc1)CC2. The topological polar surface area (TPSA) is 85.6 Å². The van der Waals surface area contributed by atoms with Gasteiger partial charge in [0.05, 0.1) is 33.8 Å². The molecule has 0 unspecified atom stereocenters. The Balaban J connectivity index is 1.73. The lowest BCUT2D eigenvalue weighted by atomic mass is 9.95. The lowest BCUT2D eigenvalue weighted by Gasteiger charge is -2.14. The molecule has 0 saturated heterocycles. The number of fused-ring (bicyclic) bond motifs is 3. The number of nitrogens with zero attached hydrogens (tertiary/aromatic N) is 5. The van der Waals surface area contributed by atoms with Gasteiger partial charge in [-0.2, -0.15) is 5.10 Å². The van der Waals surface area contributed by atoms with E-state index >= 15 is 0 Å². The summed E-state index contributed by atoms with van der Waals surface area (Å²) < 4.78 is 1.89. The first-order valence-corrected chi connectivity index (χ1v) is 10.6. The van der Waals surface area contributed by atoms with Crippen molar-refractivity contribution in [2.24, 2.45) is 0 Å². The predicted octanol–water partition coefficient (Wildman–Crippen LogP) is 4.47. The van der Waals surface area contributed by atoms with Crippen LogP contribution in [0.5, 0.6) is 0 Å². The van der Waals surface area contributed by atoms with Crippen molar-refractivity contribution < 1.29 is 4.79 Å². The molecule has 0 aromatic carbocycles. The van der Waals surface area contributed by atoms with Crippen LogP contribution in [0, 0.1) is 6.92 Å². The normalized spacial score (nSPS) is 12.4. The van der Waals surface area contributed by atoms with Crippen LogP contribution in [0.4, 0.5) is 5.13 Å². The summed E-state index contributed by atoms with van der Waals surface area (Å²) in [4.78, 5) is 25.8. The van der Waals surface area contributed by atoms with Crippen LogP contribution < -0.4 is 5.32 Å². The molecule has 0 bridgehead atoms. The Kier molecular flexibility index (Phi) is 4.60. The van der Waals surface area contributed by atoms with Crippen molar-refractivity contribution in [1.82, 2.24) is 24.7 Å². The third kappa shape index (κ3) is 3.28. The van der Waals surface area contributed by atoms with Crippen LogP contribution in [-0.2, 0) is 17.6 Å². The molecule has 150 valence electrons. The summed E-state index contributed by atoms with van der Waals surface area (Å²) in [5.41, 5.74) is 6.71. The highest BCUT2D eigenvalue weighted by Crippen LogP contribution is 2.44. The van der Waals surface area contributed by atoms with Crippen LogP contribution in [-0.4, -0.2) is 30.6 Å². The smallest absolute Gasteiger partial charge is 0.223 e. The molecule has 1 aliphatic rings. The quantitative estimate of drug-likeness (QED) is 0.479. The Labute approximate surface area is 181 Å². The molecule has 0 saturated carbocycles. The first kappa shape index (κ1) is 18.9. The van der Waals surface area contributed by atoms with Gasteiger partial charge in [0.25, 0.3) is 0 Å². The minimum atomic E-state index is -0.136. The maximum absolute atomic E-state index is 11.5. The Hall–Kier alpha value is -3.10. The molecule has 7 nitrogen and oxygen atoms in total. The maximum Gasteiger partial charge on any atom is 0.223 e. The number of pyridine rings is 2. The van der Waals surface area contributed by atoms with Crippen molar-refractivity contribution in [3.8, 4) is 27.5 Å². The van der Waals surface area contributed by atoms with Crippen LogP contribution in [0.15, 0.2) is 36.7 Å². The van der Waals surface area contributed by atoms with Crippen LogP contribution in [0.2, 0.25) is 5.15 Å². The lowest BCUT2D eigenvalue weighted by molar-refractivity contribution is -0.114. The van der Waals surface area contributed by atoms with Gasteiger partial charge in [-0.1, -0.05) is 22.9 Å². The number of nitrogens with one attached hydrogen (secondary N) is 1. The minimum absolute atomic E-state index is 0.136. The number of thiazole rings is 1. The van der Waals surface area contributed by atoms with Gasteiger partial charge >= 0.3 is 0 Å². The van der Waals surface area contributed by atoms with E-state index in [2.05, 4.69) is 20.3 Å². The van der Waals surface area contributed by atoms with Crippen molar-refractivity contribution in [2.45, 2.75) is 26.7 Å². The van der Waals surface area contributed by atoms with Gasteiger partial charge in [-0.3, -0.25) is 9.78 Å². The summed E-state index contributed by atoms with van der Waals surface area (Å²) in [6.45, 7) is 3.45. The van der Waals surface area contributed by atoms with E-state index in [-0.39, 0.29) is 5.91 Å². The number of aromatic nitrogens is 5. The number of anilines is 1. The zero-order valence-corrected chi connectivity index (χ0v) is 17.9. The van der Waals surface area contributed by atoms with Crippen molar-refractivity contribution in [3.63, 3.8) is 0 Å². The number of hydrogen-bond acceptors (Lipinski definition) is 6. The molecule has 30 heavy (non-hydrogen) atoms. The first-order valence-electron chi connectivity index (χ1n) is 9.44. The van der Waals surface area contributed by atoms with Crippen molar-refractivity contribution in [1.29, 1.82) is 0 Å². The van der Waals surface area contributed by atoms with Crippen LogP contribution >= 0.6 is 22.9 Å². The summed E-state index contributed by atoms with van der Waals surface area (Å²) in [6.07, 6.45) is 5.15. The van der Waals surface area contributed by atoms with Gasteiger partial charge < -0.3 is 5.32 Å². The number of rotatable bonds is 3. The molecule has 0 spiro atoms. The molecular weight excluding hydrogens is 420 g/mol. The standard InChI is InChI=1S/C21H17ClN6OS/c1-11-3-4-13(9-23-11)18-15-6-7-16-20(30-21(26-16)25-12(2)29)19(15)28(27-18)14-5-8-17(22)24-10-14/h3-5,8-10H,6-7H2,1-2H3,(H,25,26,29). The molecule has 4 aromatic heterocycles.